The first-order chi connectivity index (χ1) is 7.72. The Morgan fingerprint density at radius 1 is 1.19 bits per heavy atom. The molecule has 0 aliphatic rings. The van der Waals surface area contributed by atoms with Crippen molar-refractivity contribution in [1.29, 1.82) is 0 Å². The lowest BCUT2D eigenvalue weighted by Gasteiger charge is -2.06. The fourth-order valence-electron chi connectivity index (χ4n) is 1.30. The monoisotopic (exact) mass is 213 g/mol. The van der Waals surface area contributed by atoms with Crippen molar-refractivity contribution in [1.82, 2.24) is 0 Å². The van der Waals surface area contributed by atoms with Crippen molar-refractivity contribution >= 4 is 5.69 Å². The van der Waals surface area contributed by atoms with Crippen LogP contribution in [-0.4, -0.2) is 0 Å². The van der Waals surface area contributed by atoms with Crippen LogP contribution in [-0.2, 0) is 0 Å². The fraction of sp³-hybridized carbons (Fsp3) is 0.200. The average molecular weight is 213 g/mol. The van der Waals surface area contributed by atoms with Gasteiger partial charge in [0.15, 0.2) is 0 Å². The number of anilines is 1. The average Bonchev–Trinajstić information content (AvgIpc) is 2.28. The van der Waals surface area contributed by atoms with Gasteiger partial charge in [-0.1, -0.05) is 42.5 Å². The zero-order valence-electron chi connectivity index (χ0n) is 10.0. The topological polar surface area (TPSA) is 12.0 Å². The lowest BCUT2D eigenvalue weighted by Crippen LogP contribution is -1.95. The minimum Gasteiger partial charge on any atom is -0.356 e. The van der Waals surface area contributed by atoms with E-state index >= 15 is 0 Å². The molecule has 0 spiro atoms. The number of allylic oxidation sites excluding steroid dienone is 4. The van der Waals surface area contributed by atoms with Crippen molar-refractivity contribution in [3.05, 3.63) is 66.4 Å². The van der Waals surface area contributed by atoms with Gasteiger partial charge in [-0.05, 0) is 38.5 Å². The number of benzene rings is 1. The third kappa shape index (κ3) is 4.65. The standard InChI is InChI=1S/C15H19N/c1-4-14(12-8-9-13(2)3)16-15-10-6-5-7-11-15/h4-7,9-12,16H,1,8H2,2-3H3/b14-12-. The van der Waals surface area contributed by atoms with Gasteiger partial charge in [0.2, 0.25) is 0 Å². The maximum absolute atomic E-state index is 3.80. The number of hydrogen-bond donors (Lipinski definition) is 1. The summed E-state index contributed by atoms with van der Waals surface area (Å²) in [5.41, 5.74) is 3.47. The molecule has 0 atom stereocenters. The summed E-state index contributed by atoms with van der Waals surface area (Å²) in [6, 6.07) is 10.1. The van der Waals surface area contributed by atoms with Crippen LogP contribution in [0.2, 0.25) is 0 Å². The zero-order valence-corrected chi connectivity index (χ0v) is 10.0. The molecule has 1 heteroatoms. The van der Waals surface area contributed by atoms with E-state index in [4.69, 9.17) is 0 Å². The molecule has 0 unspecified atom stereocenters. The van der Waals surface area contributed by atoms with Gasteiger partial charge in [0.05, 0.1) is 0 Å². The Morgan fingerprint density at radius 2 is 1.88 bits per heavy atom. The van der Waals surface area contributed by atoms with Gasteiger partial charge in [-0.25, -0.2) is 0 Å². The highest BCUT2D eigenvalue weighted by Crippen LogP contribution is 2.10. The lowest BCUT2D eigenvalue weighted by atomic mass is 10.2. The highest BCUT2D eigenvalue weighted by atomic mass is 14.9. The number of rotatable bonds is 5. The van der Waals surface area contributed by atoms with Crippen LogP contribution in [0.5, 0.6) is 0 Å². The molecule has 0 saturated carbocycles. The van der Waals surface area contributed by atoms with Crippen LogP contribution in [0.25, 0.3) is 0 Å². The van der Waals surface area contributed by atoms with Crippen LogP contribution < -0.4 is 5.32 Å². The molecule has 1 aromatic carbocycles. The molecule has 1 N–H and O–H groups in total. The molecule has 1 rings (SSSR count). The molecule has 0 aliphatic heterocycles. The molecule has 1 nitrogen and oxygen atoms in total. The molecule has 0 amide bonds. The molecule has 0 fully saturated rings. The number of para-hydroxylation sites is 1. The molecule has 16 heavy (non-hydrogen) atoms. The van der Waals surface area contributed by atoms with Gasteiger partial charge >= 0.3 is 0 Å². The lowest BCUT2D eigenvalue weighted by molar-refractivity contribution is 1.26. The third-order valence-electron chi connectivity index (χ3n) is 2.15. The summed E-state index contributed by atoms with van der Waals surface area (Å²) in [5, 5.41) is 3.32. The molecule has 1 aromatic rings. The quantitative estimate of drug-likeness (QED) is 0.560. The second kappa shape index (κ2) is 6.67. The van der Waals surface area contributed by atoms with Crippen LogP contribution in [0.4, 0.5) is 5.69 Å². The predicted molar refractivity (Wildman–Crippen MR) is 72.4 cm³/mol. The van der Waals surface area contributed by atoms with Crippen molar-refractivity contribution in [3.8, 4) is 0 Å². The van der Waals surface area contributed by atoms with Gasteiger partial charge < -0.3 is 5.32 Å². The minimum absolute atomic E-state index is 0.934. The maximum Gasteiger partial charge on any atom is 0.0384 e. The first kappa shape index (κ1) is 12.3. The Balaban J connectivity index is 2.62. The normalized spacial score (nSPS) is 10.8. The zero-order chi connectivity index (χ0) is 11.8. The van der Waals surface area contributed by atoms with E-state index in [0.29, 0.717) is 0 Å². The van der Waals surface area contributed by atoms with Gasteiger partial charge in [-0.2, -0.15) is 0 Å². The largest absolute Gasteiger partial charge is 0.356 e. The molecule has 0 bridgehead atoms. The summed E-state index contributed by atoms with van der Waals surface area (Å²) in [4.78, 5) is 0. The Bertz CT molecular complexity index is 381. The molecule has 0 aromatic heterocycles. The Kier molecular flexibility index (Phi) is 5.13. The number of nitrogens with one attached hydrogen (secondary N) is 1. The van der Waals surface area contributed by atoms with Gasteiger partial charge in [0, 0.05) is 11.4 Å². The highest BCUT2D eigenvalue weighted by Gasteiger charge is 1.91. The van der Waals surface area contributed by atoms with Crippen molar-refractivity contribution in [2.24, 2.45) is 0 Å². The van der Waals surface area contributed by atoms with E-state index in [1.807, 2.05) is 36.4 Å². The van der Waals surface area contributed by atoms with E-state index in [9.17, 15) is 0 Å². The van der Waals surface area contributed by atoms with E-state index in [1.165, 1.54) is 5.57 Å². The minimum atomic E-state index is 0.934. The molecule has 0 saturated heterocycles. The first-order valence-corrected chi connectivity index (χ1v) is 5.50. The van der Waals surface area contributed by atoms with Gasteiger partial charge in [-0.3, -0.25) is 0 Å². The van der Waals surface area contributed by atoms with E-state index < -0.39 is 0 Å². The molecular formula is C15H19N. The highest BCUT2D eigenvalue weighted by molar-refractivity contribution is 5.50. The smallest absolute Gasteiger partial charge is 0.0384 e. The van der Waals surface area contributed by atoms with Crippen LogP contribution in [0.1, 0.15) is 20.3 Å². The fourth-order valence-corrected chi connectivity index (χ4v) is 1.30. The molecule has 84 valence electrons. The Morgan fingerprint density at radius 3 is 2.44 bits per heavy atom. The number of hydrogen-bond acceptors (Lipinski definition) is 1. The van der Waals surface area contributed by atoms with E-state index in [2.05, 4.69) is 37.9 Å². The van der Waals surface area contributed by atoms with Gasteiger partial charge in [-0.15, -0.1) is 0 Å². The SMILES string of the molecule is C=C/C(=C/CC=C(C)C)Nc1ccccc1. The van der Waals surface area contributed by atoms with Crippen molar-refractivity contribution < 1.29 is 0 Å². The van der Waals surface area contributed by atoms with E-state index in [0.717, 1.165) is 17.8 Å². The van der Waals surface area contributed by atoms with E-state index in [1.54, 1.807) is 0 Å². The van der Waals surface area contributed by atoms with Gasteiger partial charge in [0.25, 0.3) is 0 Å². The Hall–Kier alpha value is -1.76. The molecule has 0 heterocycles. The maximum atomic E-state index is 3.80. The predicted octanol–water partition coefficient (Wildman–Crippen LogP) is 4.52. The Labute approximate surface area is 98.2 Å². The first-order valence-electron chi connectivity index (χ1n) is 5.50. The summed E-state index contributed by atoms with van der Waals surface area (Å²) < 4.78 is 0. The summed E-state index contributed by atoms with van der Waals surface area (Å²) in [6.07, 6.45) is 7.10. The summed E-state index contributed by atoms with van der Waals surface area (Å²) >= 11 is 0. The third-order valence-corrected chi connectivity index (χ3v) is 2.15. The summed E-state index contributed by atoms with van der Waals surface area (Å²) in [6.45, 7) is 8.01. The van der Waals surface area contributed by atoms with Crippen molar-refractivity contribution in [2.45, 2.75) is 20.3 Å². The molecule has 0 radical (unpaired) electrons. The van der Waals surface area contributed by atoms with Crippen LogP contribution in [0.15, 0.2) is 66.4 Å². The summed E-state index contributed by atoms with van der Waals surface area (Å²) in [5.74, 6) is 0. The van der Waals surface area contributed by atoms with Crippen molar-refractivity contribution in [3.63, 3.8) is 0 Å². The molecule has 0 aliphatic carbocycles. The van der Waals surface area contributed by atoms with Crippen molar-refractivity contribution in [2.75, 3.05) is 5.32 Å². The van der Waals surface area contributed by atoms with E-state index in [-0.39, 0.29) is 0 Å². The second-order valence-corrected chi connectivity index (χ2v) is 3.87. The summed E-state index contributed by atoms with van der Waals surface area (Å²) in [7, 11) is 0. The molecular weight excluding hydrogens is 194 g/mol. The second-order valence-electron chi connectivity index (χ2n) is 3.87. The van der Waals surface area contributed by atoms with Crippen LogP contribution in [0.3, 0.4) is 0 Å². The van der Waals surface area contributed by atoms with Gasteiger partial charge in [0.1, 0.15) is 0 Å². The van der Waals surface area contributed by atoms with Crippen LogP contribution >= 0.6 is 0 Å². The van der Waals surface area contributed by atoms with Crippen LogP contribution in [0, 0.1) is 0 Å².